The molecule has 0 radical (unpaired) electrons. The van der Waals surface area contributed by atoms with Crippen molar-refractivity contribution < 1.29 is 19.0 Å². The number of methoxy groups -OCH3 is 3. The summed E-state index contributed by atoms with van der Waals surface area (Å²) in [5.74, 6) is 1.42. The molecule has 9 heteroatoms. The smallest absolute Gasteiger partial charge is 0.203 e. The molecule has 0 saturated carbocycles. The molecule has 1 aliphatic rings. The summed E-state index contributed by atoms with van der Waals surface area (Å²) in [5.41, 5.74) is 5.13. The highest BCUT2D eigenvalue weighted by Crippen LogP contribution is 2.43. The minimum atomic E-state index is -0.111. The summed E-state index contributed by atoms with van der Waals surface area (Å²) in [6, 6.07) is 11.3. The number of ketones is 1. The predicted molar refractivity (Wildman–Crippen MR) is 127 cm³/mol. The van der Waals surface area contributed by atoms with Crippen molar-refractivity contribution in [1.29, 1.82) is 0 Å². The number of nitrogens with zero attached hydrogens (tertiary/aromatic N) is 4. The van der Waals surface area contributed by atoms with Gasteiger partial charge in [0.05, 0.1) is 38.3 Å². The monoisotopic (exact) mass is 478 g/mol. The molecule has 0 fully saturated rings. The second-order valence-corrected chi connectivity index (χ2v) is 8.62. The number of Topliss-reactive ketones (excluding diaryl/α,β-unsaturated/α-hetero) is 1. The molecule has 4 aromatic rings. The molecular formula is C25H23ClN4O4. The van der Waals surface area contributed by atoms with Crippen LogP contribution < -0.4 is 14.2 Å². The molecule has 1 unspecified atom stereocenters. The van der Waals surface area contributed by atoms with Crippen LogP contribution in [0.15, 0.2) is 36.4 Å². The van der Waals surface area contributed by atoms with Crippen molar-refractivity contribution >= 4 is 23.0 Å². The first-order valence-corrected chi connectivity index (χ1v) is 11.2. The van der Waals surface area contributed by atoms with Crippen LogP contribution in [-0.4, -0.2) is 46.9 Å². The van der Waals surface area contributed by atoms with Crippen LogP contribution in [0.25, 0.3) is 16.8 Å². The van der Waals surface area contributed by atoms with Gasteiger partial charge in [0.2, 0.25) is 5.75 Å². The summed E-state index contributed by atoms with van der Waals surface area (Å²) >= 11 is 6.22. The first kappa shape index (κ1) is 22.2. The number of halogens is 1. The van der Waals surface area contributed by atoms with E-state index >= 15 is 0 Å². The van der Waals surface area contributed by atoms with E-state index in [1.165, 1.54) is 0 Å². The van der Waals surface area contributed by atoms with E-state index in [9.17, 15) is 4.79 Å². The van der Waals surface area contributed by atoms with Gasteiger partial charge in [-0.15, -0.1) is 10.2 Å². The van der Waals surface area contributed by atoms with Gasteiger partial charge in [-0.2, -0.15) is 5.10 Å². The van der Waals surface area contributed by atoms with E-state index in [0.29, 0.717) is 46.5 Å². The predicted octanol–water partition coefficient (Wildman–Crippen LogP) is 4.69. The quantitative estimate of drug-likeness (QED) is 0.411. The number of rotatable bonds is 5. The highest BCUT2D eigenvalue weighted by Gasteiger charge is 2.32. The van der Waals surface area contributed by atoms with Crippen LogP contribution in [0, 0.1) is 6.92 Å². The van der Waals surface area contributed by atoms with Crippen molar-refractivity contribution in [2.24, 2.45) is 0 Å². The number of hydrogen-bond donors (Lipinski definition) is 0. The Hall–Kier alpha value is -3.65. The van der Waals surface area contributed by atoms with Gasteiger partial charge in [0.1, 0.15) is 0 Å². The highest BCUT2D eigenvalue weighted by molar-refractivity contribution is 6.30. The molecule has 1 atom stereocenters. The zero-order valence-corrected chi connectivity index (χ0v) is 20.0. The second-order valence-electron chi connectivity index (χ2n) is 8.19. The van der Waals surface area contributed by atoms with Crippen LogP contribution in [0.3, 0.4) is 0 Å². The second kappa shape index (κ2) is 8.61. The van der Waals surface area contributed by atoms with Gasteiger partial charge in [-0.3, -0.25) is 4.79 Å². The lowest BCUT2D eigenvalue weighted by molar-refractivity contribution is 0.0955. The molecule has 0 aliphatic heterocycles. The summed E-state index contributed by atoms with van der Waals surface area (Å²) < 4.78 is 18.2. The van der Waals surface area contributed by atoms with Gasteiger partial charge in [0, 0.05) is 11.4 Å². The molecule has 5 rings (SSSR count). The third kappa shape index (κ3) is 3.54. The number of benzene rings is 2. The van der Waals surface area contributed by atoms with E-state index < -0.39 is 0 Å². The molecule has 174 valence electrons. The van der Waals surface area contributed by atoms with Crippen molar-refractivity contribution in [3.8, 4) is 28.4 Å². The van der Waals surface area contributed by atoms with E-state index in [-0.39, 0.29) is 11.7 Å². The molecule has 2 aromatic carbocycles. The third-order valence-corrected chi connectivity index (χ3v) is 6.45. The van der Waals surface area contributed by atoms with Gasteiger partial charge < -0.3 is 14.2 Å². The Morgan fingerprint density at radius 3 is 2.38 bits per heavy atom. The third-order valence-electron chi connectivity index (χ3n) is 6.22. The molecule has 0 bridgehead atoms. The molecular weight excluding hydrogens is 456 g/mol. The van der Waals surface area contributed by atoms with E-state index in [4.69, 9.17) is 30.9 Å². The summed E-state index contributed by atoms with van der Waals surface area (Å²) in [7, 11) is 4.71. The Kier molecular flexibility index (Phi) is 5.61. The van der Waals surface area contributed by atoms with Gasteiger partial charge in [-0.25, -0.2) is 4.52 Å². The lowest BCUT2D eigenvalue weighted by Crippen LogP contribution is -2.24. The van der Waals surface area contributed by atoms with Crippen LogP contribution in [0.2, 0.25) is 5.02 Å². The summed E-state index contributed by atoms with van der Waals surface area (Å²) in [4.78, 5) is 13.1. The molecule has 0 N–H and O–H groups in total. The van der Waals surface area contributed by atoms with Crippen LogP contribution >= 0.6 is 11.6 Å². The average Bonchev–Trinajstić information content (AvgIpc) is 3.19. The summed E-state index contributed by atoms with van der Waals surface area (Å²) in [6.45, 7) is 1.92. The largest absolute Gasteiger partial charge is 0.493 e. The van der Waals surface area contributed by atoms with Gasteiger partial charge in [0.15, 0.2) is 28.6 Å². The van der Waals surface area contributed by atoms with Gasteiger partial charge in [-0.1, -0.05) is 23.7 Å². The fraction of sp³-hybridized carbons (Fsp3) is 0.280. The Morgan fingerprint density at radius 1 is 1.00 bits per heavy atom. The lowest BCUT2D eigenvalue weighted by atomic mass is 9.83. The van der Waals surface area contributed by atoms with Crippen LogP contribution in [0.1, 0.15) is 39.8 Å². The number of hydrogen-bond acceptors (Lipinski definition) is 7. The standard InChI is InChI=1S/C25H23ClN4O4/c1-13-22(14-6-5-7-17(26)8-14)25-28-27-23-18(30(25)29-13)9-15(10-19(23)31)16-11-20(32-2)24(34-4)21(12-16)33-3/h5-8,11-12,15H,9-10H2,1-4H3. The van der Waals surface area contributed by atoms with E-state index in [1.807, 2.05) is 43.3 Å². The Bertz CT molecular complexity index is 1410. The molecule has 34 heavy (non-hydrogen) atoms. The van der Waals surface area contributed by atoms with Crippen LogP contribution in [-0.2, 0) is 6.42 Å². The molecule has 2 heterocycles. The van der Waals surface area contributed by atoms with E-state index in [1.54, 1.807) is 25.8 Å². The molecule has 0 spiro atoms. The maximum atomic E-state index is 13.1. The van der Waals surface area contributed by atoms with Crippen LogP contribution in [0.5, 0.6) is 17.2 Å². The number of ether oxygens (including phenoxy) is 3. The Morgan fingerprint density at radius 2 is 1.74 bits per heavy atom. The molecule has 2 aromatic heterocycles. The van der Waals surface area contributed by atoms with E-state index in [2.05, 4.69) is 10.2 Å². The first-order valence-electron chi connectivity index (χ1n) is 10.8. The van der Waals surface area contributed by atoms with Gasteiger partial charge >= 0.3 is 0 Å². The maximum Gasteiger partial charge on any atom is 0.203 e. The molecule has 0 amide bonds. The number of aryl methyl sites for hydroxylation is 1. The van der Waals surface area contributed by atoms with Crippen LogP contribution in [0.4, 0.5) is 0 Å². The number of fused-ring (bicyclic) bond motifs is 3. The van der Waals surface area contributed by atoms with Crippen molar-refractivity contribution in [2.45, 2.75) is 25.7 Å². The first-order chi connectivity index (χ1) is 16.4. The van der Waals surface area contributed by atoms with Gasteiger partial charge in [-0.05, 0) is 54.7 Å². The Balaban J connectivity index is 1.63. The van der Waals surface area contributed by atoms with Gasteiger partial charge in [0.25, 0.3) is 0 Å². The molecule has 0 saturated heterocycles. The Labute approximate surface area is 201 Å². The maximum absolute atomic E-state index is 13.1. The fourth-order valence-corrected chi connectivity index (χ4v) is 4.82. The summed E-state index contributed by atoms with van der Waals surface area (Å²) in [5, 5.41) is 14.1. The minimum Gasteiger partial charge on any atom is -0.493 e. The number of aromatic nitrogens is 4. The fourth-order valence-electron chi connectivity index (χ4n) is 4.63. The van der Waals surface area contributed by atoms with Crippen molar-refractivity contribution in [3.63, 3.8) is 0 Å². The van der Waals surface area contributed by atoms with E-state index in [0.717, 1.165) is 28.1 Å². The average molecular weight is 479 g/mol. The zero-order chi connectivity index (χ0) is 24.0. The van der Waals surface area contributed by atoms with Crippen molar-refractivity contribution in [1.82, 2.24) is 19.8 Å². The SMILES string of the molecule is COc1cc(C2CC(=O)c3nnc4c(-c5cccc(Cl)c5)c(C)nn4c3C2)cc(OC)c1OC. The van der Waals surface area contributed by atoms with Crippen molar-refractivity contribution in [2.75, 3.05) is 21.3 Å². The topological polar surface area (TPSA) is 87.8 Å². The number of carbonyl (C=O) groups excluding carboxylic acids is 1. The minimum absolute atomic E-state index is 0.0770. The normalized spacial score (nSPS) is 15.3. The molecule has 1 aliphatic carbocycles. The highest BCUT2D eigenvalue weighted by atomic mass is 35.5. The number of carbonyl (C=O) groups is 1. The zero-order valence-electron chi connectivity index (χ0n) is 19.3. The van der Waals surface area contributed by atoms with Crippen molar-refractivity contribution in [3.05, 3.63) is 64.1 Å². The molecule has 8 nitrogen and oxygen atoms in total. The lowest BCUT2D eigenvalue weighted by Gasteiger charge is -2.24. The summed E-state index contributed by atoms with van der Waals surface area (Å²) in [6.07, 6.45) is 0.856.